The van der Waals surface area contributed by atoms with Crippen LogP contribution in [0.25, 0.3) is 0 Å². The lowest BCUT2D eigenvalue weighted by molar-refractivity contribution is -0.385. The third kappa shape index (κ3) is 5.57. The van der Waals surface area contributed by atoms with E-state index < -0.39 is 28.4 Å². The van der Waals surface area contributed by atoms with E-state index in [1.807, 2.05) is 38.2 Å². The maximum absolute atomic E-state index is 13.6. The molecule has 2 fully saturated rings. The molecule has 0 saturated carbocycles. The molecule has 0 radical (unpaired) electrons. The van der Waals surface area contributed by atoms with Gasteiger partial charge in [0.25, 0.3) is 0 Å². The zero-order chi connectivity index (χ0) is 30.0. The molecule has 1 aromatic carbocycles. The Bertz CT molecular complexity index is 1360. The van der Waals surface area contributed by atoms with Crippen LogP contribution in [0, 0.1) is 10.1 Å². The second-order valence-electron chi connectivity index (χ2n) is 11.5. The number of hydrogen-bond donors (Lipinski definition) is 1. The summed E-state index contributed by atoms with van der Waals surface area (Å²) in [6.45, 7) is 3.62. The van der Waals surface area contributed by atoms with Crippen molar-refractivity contribution in [2.75, 3.05) is 51.8 Å². The summed E-state index contributed by atoms with van der Waals surface area (Å²) in [6.07, 6.45) is 2.86. The van der Waals surface area contributed by atoms with E-state index >= 15 is 0 Å². The van der Waals surface area contributed by atoms with E-state index in [-0.39, 0.29) is 55.3 Å². The van der Waals surface area contributed by atoms with Gasteiger partial charge in [-0.15, -0.1) is 0 Å². The molecule has 1 aromatic heterocycles. The van der Waals surface area contributed by atoms with Crippen molar-refractivity contribution in [2.24, 2.45) is 0 Å². The highest BCUT2D eigenvalue weighted by molar-refractivity contribution is 5.85. The predicted molar refractivity (Wildman–Crippen MR) is 153 cm³/mol. The van der Waals surface area contributed by atoms with Gasteiger partial charge in [-0.3, -0.25) is 14.9 Å². The number of carbonyl (C=O) groups excluding carboxylic acids is 1. The fraction of sp³-hybridized carbons (Fsp3) is 0.586. The standard InChI is InChI=1S/C29H38N6O7/c1-19-17-33(28(37)38)14-15-34(19)25-24(35(39)40)23(30-27(31-25)42-18-21-10-7-13-32(21)2)16-29(26(36)41-3)12-6-9-20-8-4-5-11-22(20)29/h4-5,8,11,19,21H,6-7,9-10,12-18H2,1-3H3,(H,37,38)/t19-,21-,29?/m0/s1. The van der Waals surface area contributed by atoms with Gasteiger partial charge in [0, 0.05) is 38.1 Å². The van der Waals surface area contributed by atoms with Gasteiger partial charge in [-0.05, 0) is 63.7 Å². The van der Waals surface area contributed by atoms with E-state index in [1.165, 1.54) is 12.0 Å². The Labute approximate surface area is 244 Å². The zero-order valence-corrected chi connectivity index (χ0v) is 24.3. The van der Waals surface area contributed by atoms with Crippen LogP contribution < -0.4 is 9.64 Å². The highest BCUT2D eigenvalue weighted by atomic mass is 16.6. The number of esters is 1. The average Bonchev–Trinajstić information content (AvgIpc) is 3.39. The van der Waals surface area contributed by atoms with E-state index in [0.717, 1.165) is 36.9 Å². The number of rotatable bonds is 8. The largest absolute Gasteiger partial charge is 0.468 e. The second-order valence-corrected chi connectivity index (χ2v) is 11.5. The fourth-order valence-electron chi connectivity index (χ4n) is 6.72. The summed E-state index contributed by atoms with van der Waals surface area (Å²) in [5.74, 6) is -0.399. The number of fused-ring (bicyclic) bond motifs is 1. The first-order valence-electron chi connectivity index (χ1n) is 14.4. The summed E-state index contributed by atoms with van der Waals surface area (Å²) in [6, 6.07) is 7.42. The predicted octanol–water partition coefficient (Wildman–Crippen LogP) is 3.04. The number of carboxylic acid groups (broad SMARTS) is 1. The van der Waals surface area contributed by atoms with Crippen LogP contribution in [-0.4, -0.2) is 101 Å². The highest BCUT2D eigenvalue weighted by Crippen LogP contribution is 2.44. The highest BCUT2D eigenvalue weighted by Gasteiger charge is 2.47. The van der Waals surface area contributed by atoms with Crippen molar-refractivity contribution in [1.29, 1.82) is 0 Å². The number of nitro groups is 1. The summed E-state index contributed by atoms with van der Waals surface area (Å²) >= 11 is 0. The Morgan fingerprint density at radius 2 is 1.98 bits per heavy atom. The van der Waals surface area contributed by atoms with Crippen molar-refractivity contribution < 1.29 is 29.1 Å². The fourth-order valence-corrected chi connectivity index (χ4v) is 6.72. The molecule has 2 aromatic rings. The van der Waals surface area contributed by atoms with E-state index in [1.54, 1.807) is 4.90 Å². The lowest BCUT2D eigenvalue weighted by Crippen LogP contribution is -2.54. The van der Waals surface area contributed by atoms with E-state index in [4.69, 9.17) is 9.47 Å². The van der Waals surface area contributed by atoms with Crippen LogP contribution in [-0.2, 0) is 27.8 Å². The summed E-state index contributed by atoms with van der Waals surface area (Å²) in [4.78, 5) is 51.8. The molecule has 1 amide bonds. The Kier molecular flexibility index (Phi) is 8.48. The maximum Gasteiger partial charge on any atom is 0.407 e. The minimum absolute atomic E-state index is 0.00266. The molecule has 1 aliphatic carbocycles. The minimum atomic E-state index is -1.17. The molecule has 42 heavy (non-hydrogen) atoms. The maximum atomic E-state index is 13.6. The van der Waals surface area contributed by atoms with Crippen LogP contribution in [0.15, 0.2) is 24.3 Å². The molecule has 1 unspecified atom stereocenters. The average molecular weight is 583 g/mol. The van der Waals surface area contributed by atoms with E-state index in [0.29, 0.717) is 19.4 Å². The third-order valence-corrected chi connectivity index (χ3v) is 8.97. The van der Waals surface area contributed by atoms with Crippen LogP contribution in [0.2, 0.25) is 0 Å². The summed E-state index contributed by atoms with van der Waals surface area (Å²) in [5, 5.41) is 22.3. The molecular formula is C29H38N6O7. The number of aryl methyl sites for hydroxylation is 1. The van der Waals surface area contributed by atoms with Gasteiger partial charge < -0.3 is 29.3 Å². The van der Waals surface area contributed by atoms with Crippen molar-refractivity contribution in [2.45, 2.75) is 62.9 Å². The van der Waals surface area contributed by atoms with Gasteiger partial charge in [0.1, 0.15) is 12.3 Å². The molecule has 13 heteroatoms. The van der Waals surface area contributed by atoms with Crippen LogP contribution in [0.5, 0.6) is 6.01 Å². The van der Waals surface area contributed by atoms with Gasteiger partial charge in [-0.25, -0.2) is 4.79 Å². The van der Waals surface area contributed by atoms with Gasteiger partial charge in [0.15, 0.2) is 0 Å². The van der Waals surface area contributed by atoms with E-state index in [2.05, 4.69) is 14.9 Å². The first-order valence-corrected chi connectivity index (χ1v) is 14.4. The number of piperazine rings is 1. The van der Waals surface area contributed by atoms with Crippen molar-refractivity contribution in [1.82, 2.24) is 19.8 Å². The molecule has 3 atom stereocenters. The molecule has 2 saturated heterocycles. The number of hydrogen-bond acceptors (Lipinski definition) is 10. The molecule has 5 rings (SSSR count). The Hall–Kier alpha value is -4.00. The van der Waals surface area contributed by atoms with Crippen molar-refractivity contribution in [3.63, 3.8) is 0 Å². The quantitative estimate of drug-likeness (QED) is 0.278. The normalized spacial score (nSPS) is 24.3. The number of methoxy groups -OCH3 is 1. The number of anilines is 1. The Morgan fingerprint density at radius 1 is 1.19 bits per heavy atom. The Morgan fingerprint density at radius 3 is 2.64 bits per heavy atom. The van der Waals surface area contributed by atoms with Crippen LogP contribution in [0.1, 0.15) is 49.4 Å². The summed E-state index contributed by atoms with van der Waals surface area (Å²) in [5.41, 5.74) is 0.412. The van der Waals surface area contributed by atoms with Crippen molar-refractivity contribution in [3.05, 3.63) is 51.2 Å². The van der Waals surface area contributed by atoms with Gasteiger partial charge in [0.2, 0.25) is 5.82 Å². The number of aromatic nitrogens is 2. The molecule has 3 aliphatic rings. The molecule has 2 aliphatic heterocycles. The number of likely N-dealkylation sites (N-methyl/N-ethyl adjacent to an activating group) is 1. The monoisotopic (exact) mass is 582 g/mol. The number of likely N-dealkylation sites (tertiary alicyclic amines) is 1. The van der Waals surface area contributed by atoms with Crippen LogP contribution in [0.3, 0.4) is 0 Å². The van der Waals surface area contributed by atoms with Crippen molar-refractivity contribution in [3.8, 4) is 6.01 Å². The minimum Gasteiger partial charge on any atom is -0.468 e. The van der Waals surface area contributed by atoms with Gasteiger partial charge in [-0.2, -0.15) is 9.97 Å². The van der Waals surface area contributed by atoms with E-state index in [9.17, 15) is 24.8 Å². The molecular weight excluding hydrogens is 544 g/mol. The van der Waals surface area contributed by atoms with Gasteiger partial charge in [-0.1, -0.05) is 24.3 Å². The lowest BCUT2D eigenvalue weighted by Gasteiger charge is -2.39. The number of nitrogens with zero attached hydrogens (tertiary/aromatic N) is 6. The molecule has 226 valence electrons. The first kappa shape index (κ1) is 29.5. The topological polar surface area (TPSA) is 151 Å². The van der Waals surface area contributed by atoms with Gasteiger partial charge in [0.05, 0.1) is 17.4 Å². The van der Waals surface area contributed by atoms with Crippen LogP contribution >= 0.6 is 0 Å². The molecule has 3 heterocycles. The summed E-state index contributed by atoms with van der Waals surface area (Å²) < 4.78 is 11.4. The number of amides is 1. The molecule has 13 nitrogen and oxygen atoms in total. The lowest BCUT2D eigenvalue weighted by atomic mass is 9.67. The second kappa shape index (κ2) is 12.1. The molecule has 0 spiro atoms. The number of carbonyl (C=O) groups is 2. The zero-order valence-electron chi connectivity index (χ0n) is 24.3. The van der Waals surface area contributed by atoms with Gasteiger partial charge >= 0.3 is 23.8 Å². The number of benzene rings is 1. The van der Waals surface area contributed by atoms with Crippen molar-refractivity contribution >= 4 is 23.6 Å². The SMILES string of the molecule is COC(=O)C1(Cc2nc(OC[C@@H]3CCCN3C)nc(N3CCN(C(=O)O)C[C@@H]3C)c2[N+](=O)[O-])CCCc2ccccc21. The third-order valence-electron chi connectivity index (χ3n) is 8.97. The smallest absolute Gasteiger partial charge is 0.407 e. The van der Waals surface area contributed by atoms with Crippen LogP contribution in [0.4, 0.5) is 16.3 Å². The Balaban J connectivity index is 1.61. The molecule has 0 bridgehead atoms. The summed E-state index contributed by atoms with van der Waals surface area (Å²) in [7, 11) is 3.36. The number of ether oxygens (including phenoxy) is 2. The molecule has 1 N–H and O–H groups in total. The first-order chi connectivity index (χ1) is 20.1.